The van der Waals surface area contributed by atoms with Gasteiger partial charge in [-0.1, -0.05) is 30.3 Å². The number of hydrogen-bond acceptors (Lipinski definition) is 8. The molecule has 1 heterocycles. The van der Waals surface area contributed by atoms with E-state index in [-0.39, 0.29) is 40.4 Å². The van der Waals surface area contributed by atoms with Crippen molar-refractivity contribution in [2.45, 2.75) is 18.1 Å². The summed E-state index contributed by atoms with van der Waals surface area (Å²) in [6.07, 6.45) is 0. The van der Waals surface area contributed by atoms with Crippen LogP contribution in [0.15, 0.2) is 30.3 Å². The second-order valence-corrected chi connectivity index (χ2v) is 6.88. The van der Waals surface area contributed by atoms with Crippen LogP contribution in [0.4, 0.5) is 0 Å². The van der Waals surface area contributed by atoms with Gasteiger partial charge in [0.05, 0.1) is 12.6 Å². The number of amides is 3. The first-order valence-corrected chi connectivity index (χ1v) is 8.90. The molecule has 142 valence electrons. The summed E-state index contributed by atoms with van der Waals surface area (Å²) in [5.74, 6) is -2.46. The van der Waals surface area contributed by atoms with Gasteiger partial charge in [0.2, 0.25) is 11.8 Å². The Labute approximate surface area is 178 Å². The molecule has 1 saturated heterocycles. The standard InChI is InChI=1S/C14H19N5O6S.Na/c15-6-9(16)12(20)18-11(8-4-2-1-3-5-8)13(21)17-10-7-19(14(10)22)26(23,24)25;/h1-5,9-11H,6-7,15-16H2,(H,17,21)(H,18,20)(H,23,24,25);/q;+1/p-1. The molecule has 1 fully saturated rings. The van der Waals surface area contributed by atoms with Gasteiger partial charge in [0, 0.05) is 6.54 Å². The number of carbonyl (C=O) groups excluding carboxylic acids is 3. The summed E-state index contributed by atoms with van der Waals surface area (Å²) >= 11 is 0. The first-order valence-electron chi connectivity index (χ1n) is 7.54. The van der Waals surface area contributed by atoms with Crippen LogP contribution in [0.5, 0.6) is 0 Å². The van der Waals surface area contributed by atoms with Crippen LogP contribution in [0.3, 0.4) is 0 Å². The number of nitrogens with one attached hydrogen (secondary N) is 2. The quantitative estimate of drug-likeness (QED) is 0.195. The van der Waals surface area contributed by atoms with Gasteiger partial charge in [-0.25, -0.2) is 12.7 Å². The maximum Gasteiger partial charge on any atom is 1.00 e. The van der Waals surface area contributed by atoms with E-state index in [1.54, 1.807) is 30.3 Å². The fourth-order valence-electron chi connectivity index (χ4n) is 2.26. The van der Waals surface area contributed by atoms with Crippen molar-refractivity contribution in [2.24, 2.45) is 11.5 Å². The summed E-state index contributed by atoms with van der Waals surface area (Å²) in [7, 11) is -4.91. The van der Waals surface area contributed by atoms with Crippen LogP contribution in [-0.4, -0.2) is 60.2 Å². The van der Waals surface area contributed by atoms with Gasteiger partial charge in [0.15, 0.2) is 10.3 Å². The number of nitrogens with two attached hydrogens (primary N) is 2. The molecule has 0 saturated carbocycles. The normalized spacial score (nSPS) is 18.6. The van der Waals surface area contributed by atoms with Gasteiger partial charge in [-0.15, -0.1) is 0 Å². The molecule has 0 aliphatic carbocycles. The predicted molar refractivity (Wildman–Crippen MR) is 87.7 cm³/mol. The number of benzene rings is 1. The van der Waals surface area contributed by atoms with E-state index in [4.69, 9.17) is 11.5 Å². The van der Waals surface area contributed by atoms with Crippen LogP contribution in [0.25, 0.3) is 0 Å². The molecule has 0 aromatic heterocycles. The molecule has 27 heavy (non-hydrogen) atoms. The largest absolute Gasteiger partial charge is 1.00 e. The Hall–Kier alpha value is -1.54. The van der Waals surface area contributed by atoms with Crippen LogP contribution in [-0.2, 0) is 24.7 Å². The zero-order chi connectivity index (χ0) is 19.5. The van der Waals surface area contributed by atoms with Crippen molar-refractivity contribution in [1.82, 2.24) is 14.9 Å². The zero-order valence-corrected chi connectivity index (χ0v) is 17.3. The molecule has 13 heteroatoms. The summed E-state index contributed by atoms with van der Waals surface area (Å²) in [6.45, 7) is -0.597. The Morgan fingerprint density at radius 2 is 1.85 bits per heavy atom. The molecule has 1 aromatic rings. The van der Waals surface area contributed by atoms with Crippen molar-refractivity contribution in [3.8, 4) is 0 Å². The van der Waals surface area contributed by atoms with Crippen molar-refractivity contribution < 1.29 is 56.9 Å². The Morgan fingerprint density at radius 1 is 1.26 bits per heavy atom. The maximum atomic E-state index is 12.5. The van der Waals surface area contributed by atoms with Crippen molar-refractivity contribution in [3.63, 3.8) is 0 Å². The third kappa shape index (κ3) is 5.72. The summed E-state index contributed by atoms with van der Waals surface area (Å²) < 4.78 is 32.6. The number of hydrogen-bond donors (Lipinski definition) is 4. The van der Waals surface area contributed by atoms with E-state index < -0.39 is 52.7 Å². The Balaban J connectivity index is 0.00000364. The number of β-lactam (4-membered cyclic amide) rings is 1. The van der Waals surface area contributed by atoms with Gasteiger partial charge in [-0.05, 0) is 5.56 Å². The van der Waals surface area contributed by atoms with Gasteiger partial charge >= 0.3 is 29.6 Å². The molecule has 3 unspecified atom stereocenters. The molecule has 1 aromatic carbocycles. The fraction of sp³-hybridized carbons (Fsp3) is 0.357. The summed E-state index contributed by atoms with van der Waals surface area (Å²) in [5.41, 5.74) is 11.3. The monoisotopic (exact) mass is 407 g/mol. The van der Waals surface area contributed by atoms with Crippen LogP contribution in [0, 0.1) is 0 Å². The predicted octanol–water partition coefficient (Wildman–Crippen LogP) is -6.08. The first kappa shape index (κ1) is 23.5. The van der Waals surface area contributed by atoms with Crippen LogP contribution in [0.2, 0.25) is 0 Å². The third-order valence-electron chi connectivity index (χ3n) is 3.75. The Bertz CT molecular complexity index is 805. The molecular formula is C14H18N5NaO6S. The molecule has 0 radical (unpaired) electrons. The molecule has 11 nitrogen and oxygen atoms in total. The number of carbonyl (C=O) groups is 3. The van der Waals surface area contributed by atoms with Crippen LogP contribution < -0.4 is 51.7 Å². The second-order valence-electron chi connectivity index (χ2n) is 5.58. The average Bonchev–Trinajstić information content (AvgIpc) is 2.60. The molecule has 3 atom stereocenters. The van der Waals surface area contributed by atoms with Crippen molar-refractivity contribution in [2.75, 3.05) is 13.1 Å². The molecular weight excluding hydrogens is 389 g/mol. The van der Waals surface area contributed by atoms with E-state index in [0.29, 0.717) is 5.56 Å². The summed E-state index contributed by atoms with van der Waals surface area (Å²) in [6, 6.07) is 4.78. The summed E-state index contributed by atoms with van der Waals surface area (Å²) in [4.78, 5) is 36.2. The topological polar surface area (TPSA) is 188 Å². The molecule has 0 spiro atoms. The molecule has 1 aliphatic rings. The second kappa shape index (κ2) is 9.59. The molecule has 6 N–H and O–H groups in total. The summed E-state index contributed by atoms with van der Waals surface area (Å²) in [5, 5.41) is 4.74. The maximum absolute atomic E-state index is 12.5. The van der Waals surface area contributed by atoms with E-state index in [9.17, 15) is 27.4 Å². The van der Waals surface area contributed by atoms with Crippen molar-refractivity contribution in [3.05, 3.63) is 35.9 Å². The zero-order valence-electron chi connectivity index (χ0n) is 14.5. The van der Waals surface area contributed by atoms with Crippen LogP contribution >= 0.6 is 0 Å². The van der Waals surface area contributed by atoms with Gasteiger partial charge < -0.3 is 26.7 Å². The van der Waals surface area contributed by atoms with Crippen molar-refractivity contribution in [1.29, 1.82) is 0 Å². The van der Waals surface area contributed by atoms with Gasteiger partial charge in [0.25, 0.3) is 5.91 Å². The molecule has 0 bridgehead atoms. The van der Waals surface area contributed by atoms with Crippen molar-refractivity contribution >= 4 is 28.0 Å². The minimum atomic E-state index is -4.91. The fourth-order valence-corrected chi connectivity index (χ4v) is 2.94. The smallest absolute Gasteiger partial charge is 0.731 e. The van der Waals surface area contributed by atoms with E-state index >= 15 is 0 Å². The van der Waals surface area contributed by atoms with Gasteiger partial charge in [-0.2, -0.15) is 0 Å². The van der Waals surface area contributed by atoms with Crippen LogP contribution in [0.1, 0.15) is 11.6 Å². The minimum absolute atomic E-state index is 0. The van der Waals surface area contributed by atoms with Gasteiger partial charge in [0.1, 0.15) is 12.1 Å². The Kier molecular flexibility index (Phi) is 8.35. The van der Waals surface area contributed by atoms with E-state index in [1.807, 2.05) is 0 Å². The van der Waals surface area contributed by atoms with E-state index in [1.165, 1.54) is 0 Å². The first-order chi connectivity index (χ1) is 12.1. The number of rotatable bonds is 7. The number of nitrogens with zero attached hydrogens (tertiary/aromatic N) is 1. The minimum Gasteiger partial charge on any atom is -0.731 e. The third-order valence-corrected chi connectivity index (χ3v) is 4.62. The van der Waals surface area contributed by atoms with Gasteiger partial charge in [-0.3, -0.25) is 14.4 Å². The molecule has 2 rings (SSSR count). The SMILES string of the molecule is NCC(N)C(=O)NC(C(=O)NC1CN(S(=O)(=O)[O-])C1=O)c1ccccc1.[Na+]. The average molecular weight is 407 g/mol. The van der Waals surface area contributed by atoms with E-state index in [2.05, 4.69) is 10.6 Å². The molecule has 1 aliphatic heterocycles. The molecule has 3 amide bonds. The Morgan fingerprint density at radius 3 is 2.33 bits per heavy atom. The van der Waals surface area contributed by atoms with E-state index in [0.717, 1.165) is 0 Å².